The summed E-state index contributed by atoms with van der Waals surface area (Å²) in [4.78, 5) is 0. The molecule has 0 heterocycles. The van der Waals surface area contributed by atoms with E-state index in [1.165, 1.54) is 0 Å². The quantitative estimate of drug-likeness (QED) is 0.584. The van der Waals surface area contributed by atoms with Crippen LogP contribution in [0.3, 0.4) is 0 Å². The van der Waals surface area contributed by atoms with Crippen LogP contribution in [0, 0.1) is 5.92 Å². The minimum Gasteiger partial charge on any atom is -0.383 e. The number of hydrogen-bond donors (Lipinski definition) is 1. The minimum absolute atomic E-state index is 0.360. The predicted molar refractivity (Wildman–Crippen MR) is 55.0 cm³/mol. The molecule has 0 aliphatic rings. The average molecular weight is 189 g/mol. The second-order valence-corrected chi connectivity index (χ2v) is 3.58. The standard InChI is InChI=1S/C10H23NO2/c1-9(7-10(2)13-4)8-11-5-6-12-3/h9-11H,5-8H2,1-4H3. The van der Waals surface area contributed by atoms with Gasteiger partial charge >= 0.3 is 0 Å². The fraction of sp³-hybridized carbons (Fsp3) is 1.00. The third kappa shape index (κ3) is 8.22. The molecule has 3 nitrogen and oxygen atoms in total. The molecule has 2 atom stereocenters. The van der Waals surface area contributed by atoms with E-state index >= 15 is 0 Å². The van der Waals surface area contributed by atoms with E-state index in [2.05, 4.69) is 19.2 Å². The molecule has 0 aromatic rings. The lowest BCUT2D eigenvalue weighted by molar-refractivity contribution is 0.0968. The lowest BCUT2D eigenvalue weighted by Gasteiger charge is -2.16. The number of nitrogens with one attached hydrogen (secondary N) is 1. The van der Waals surface area contributed by atoms with E-state index in [-0.39, 0.29) is 0 Å². The topological polar surface area (TPSA) is 30.5 Å². The highest BCUT2D eigenvalue weighted by atomic mass is 16.5. The summed E-state index contributed by atoms with van der Waals surface area (Å²) in [6.07, 6.45) is 1.47. The zero-order valence-corrected chi connectivity index (χ0v) is 9.30. The van der Waals surface area contributed by atoms with E-state index in [0.29, 0.717) is 12.0 Å². The van der Waals surface area contributed by atoms with Gasteiger partial charge in [-0.3, -0.25) is 0 Å². The molecule has 0 aromatic heterocycles. The maximum Gasteiger partial charge on any atom is 0.0587 e. The lowest BCUT2D eigenvalue weighted by atomic mass is 10.0. The predicted octanol–water partition coefficient (Wildman–Crippen LogP) is 1.28. The first kappa shape index (κ1) is 12.9. The Labute approximate surface area is 81.8 Å². The van der Waals surface area contributed by atoms with Crippen LogP contribution in [-0.4, -0.2) is 40.0 Å². The number of hydrogen-bond acceptors (Lipinski definition) is 3. The first-order chi connectivity index (χ1) is 6.20. The van der Waals surface area contributed by atoms with Gasteiger partial charge in [0.25, 0.3) is 0 Å². The van der Waals surface area contributed by atoms with Crippen molar-refractivity contribution in [1.29, 1.82) is 0 Å². The molecule has 0 saturated carbocycles. The Hall–Kier alpha value is -0.120. The van der Waals surface area contributed by atoms with Gasteiger partial charge in [0, 0.05) is 20.8 Å². The lowest BCUT2D eigenvalue weighted by Crippen LogP contribution is -2.26. The Morgan fingerprint density at radius 1 is 1.23 bits per heavy atom. The molecule has 0 radical (unpaired) electrons. The molecule has 0 aromatic carbocycles. The van der Waals surface area contributed by atoms with Gasteiger partial charge in [0.1, 0.15) is 0 Å². The summed E-state index contributed by atoms with van der Waals surface area (Å²) in [5.74, 6) is 0.659. The van der Waals surface area contributed by atoms with Crippen molar-refractivity contribution in [2.45, 2.75) is 26.4 Å². The first-order valence-corrected chi connectivity index (χ1v) is 4.93. The SMILES string of the molecule is COCCNCC(C)CC(C)OC. The molecule has 0 rings (SSSR count). The van der Waals surface area contributed by atoms with Crippen molar-refractivity contribution in [3.63, 3.8) is 0 Å². The molecule has 80 valence electrons. The molecule has 3 heteroatoms. The van der Waals surface area contributed by atoms with Crippen molar-refractivity contribution in [2.24, 2.45) is 5.92 Å². The molecule has 13 heavy (non-hydrogen) atoms. The molecule has 0 saturated heterocycles. The normalized spacial score (nSPS) is 15.7. The molecule has 0 aliphatic carbocycles. The summed E-state index contributed by atoms with van der Waals surface area (Å²) in [7, 11) is 3.48. The van der Waals surface area contributed by atoms with Gasteiger partial charge in [0.15, 0.2) is 0 Å². The molecular weight excluding hydrogens is 166 g/mol. The van der Waals surface area contributed by atoms with E-state index in [1.807, 2.05) is 0 Å². The summed E-state index contributed by atoms with van der Waals surface area (Å²) in [6, 6.07) is 0. The highest BCUT2D eigenvalue weighted by Gasteiger charge is 2.06. The van der Waals surface area contributed by atoms with Gasteiger partial charge in [0.2, 0.25) is 0 Å². The Morgan fingerprint density at radius 2 is 1.92 bits per heavy atom. The highest BCUT2D eigenvalue weighted by molar-refractivity contribution is 4.61. The van der Waals surface area contributed by atoms with Gasteiger partial charge in [-0.05, 0) is 25.8 Å². The van der Waals surface area contributed by atoms with Gasteiger partial charge in [-0.2, -0.15) is 0 Å². The average Bonchev–Trinajstić information content (AvgIpc) is 2.12. The molecule has 2 unspecified atom stereocenters. The molecule has 0 bridgehead atoms. The molecule has 1 N–H and O–H groups in total. The van der Waals surface area contributed by atoms with Crippen LogP contribution < -0.4 is 5.32 Å². The van der Waals surface area contributed by atoms with Gasteiger partial charge in [-0.15, -0.1) is 0 Å². The summed E-state index contributed by atoms with van der Waals surface area (Å²) >= 11 is 0. The summed E-state index contributed by atoms with van der Waals surface area (Å²) in [5.41, 5.74) is 0. The van der Waals surface area contributed by atoms with Crippen LogP contribution >= 0.6 is 0 Å². The Balaban J connectivity index is 3.24. The second kappa shape index (κ2) is 8.48. The number of rotatable bonds is 8. The van der Waals surface area contributed by atoms with E-state index in [9.17, 15) is 0 Å². The van der Waals surface area contributed by atoms with Crippen LogP contribution in [0.1, 0.15) is 20.3 Å². The van der Waals surface area contributed by atoms with Crippen LogP contribution in [0.2, 0.25) is 0 Å². The Bertz CT molecular complexity index is 109. The van der Waals surface area contributed by atoms with E-state index < -0.39 is 0 Å². The fourth-order valence-electron chi connectivity index (χ4n) is 1.27. The van der Waals surface area contributed by atoms with Gasteiger partial charge in [-0.1, -0.05) is 6.92 Å². The molecule has 0 spiro atoms. The van der Waals surface area contributed by atoms with Gasteiger partial charge in [-0.25, -0.2) is 0 Å². The Morgan fingerprint density at radius 3 is 2.46 bits per heavy atom. The zero-order valence-electron chi connectivity index (χ0n) is 9.30. The third-order valence-corrected chi connectivity index (χ3v) is 2.11. The van der Waals surface area contributed by atoms with Crippen LogP contribution in [-0.2, 0) is 9.47 Å². The summed E-state index contributed by atoms with van der Waals surface area (Å²) < 4.78 is 10.1. The second-order valence-electron chi connectivity index (χ2n) is 3.58. The third-order valence-electron chi connectivity index (χ3n) is 2.11. The van der Waals surface area contributed by atoms with Crippen molar-refractivity contribution >= 4 is 0 Å². The van der Waals surface area contributed by atoms with E-state index in [0.717, 1.165) is 26.1 Å². The largest absolute Gasteiger partial charge is 0.383 e. The smallest absolute Gasteiger partial charge is 0.0587 e. The van der Waals surface area contributed by atoms with Crippen LogP contribution in [0.15, 0.2) is 0 Å². The summed E-state index contributed by atoms with van der Waals surface area (Å²) in [5, 5.41) is 3.33. The van der Waals surface area contributed by atoms with Crippen molar-refractivity contribution < 1.29 is 9.47 Å². The monoisotopic (exact) mass is 189 g/mol. The van der Waals surface area contributed by atoms with Crippen molar-refractivity contribution in [1.82, 2.24) is 5.32 Å². The van der Waals surface area contributed by atoms with Gasteiger partial charge in [0.05, 0.1) is 12.7 Å². The molecule has 0 amide bonds. The van der Waals surface area contributed by atoms with E-state index in [1.54, 1.807) is 14.2 Å². The number of methoxy groups -OCH3 is 2. The zero-order chi connectivity index (χ0) is 10.1. The van der Waals surface area contributed by atoms with Crippen LogP contribution in [0.25, 0.3) is 0 Å². The molecular formula is C10H23NO2. The van der Waals surface area contributed by atoms with Crippen molar-refractivity contribution in [2.75, 3.05) is 33.9 Å². The first-order valence-electron chi connectivity index (χ1n) is 4.93. The van der Waals surface area contributed by atoms with E-state index in [4.69, 9.17) is 9.47 Å². The number of ether oxygens (including phenoxy) is 2. The maximum absolute atomic E-state index is 5.20. The molecule has 0 fully saturated rings. The fourth-order valence-corrected chi connectivity index (χ4v) is 1.27. The Kier molecular flexibility index (Phi) is 8.40. The maximum atomic E-state index is 5.20. The van der Waals surface area contributed by atoms with Crippen molar-refractivity contribution in [3.8, 4) is 0 Å². The van der Waals surface area contributed by atoms with Crippen molar-refractivity contribution in [3.05, 3.63) is 0 Å². The van der Waals surface area contributed by atoms with Crippen LogP contribution in [0.5, 0.6) is 0 Å². The molecule has 0 aliphatic heterocycles. The minimum atomic E-state index is 0.360. The highest BCUT2D eigenvalue weighted by Crippen LogP contribution is 2.06. The van der Waals surface area contributed by atoms with Crippen LogP contribution in [0.4, 0.5) is 0 Å². The van der Waals surface area contributed by atoms with Gasteiger partial charge < -0.3 is 14.8 Å². The summed E-state index contributed by atoms with van der Waals surface area (Å²) in [6.45, 7) is 7.09.